The maximum Gasteiger partial charge on any atom is 0.243 e. The Morgan fingerprint density at radius 3 is 2.19 bits per heavy atom. The fraction of sp³-hybridized carbons (Fsp3) is 0.533. The number of sulfonamides is 1. The van der Waals surface area contributed by atoms with Crippen molar-refractivity contribution < 1.29 is 13.2 Å². The Labute approximate surface area is 127 Å². The van der Waals surface area contributed by atoms with Crippen LogP contribution in [-0.2, 0) is 21.2 Å². The van der Waals surface area contributed by atoms with E-state index in [9.17, 15) is 13.2 Å². The van der Waals surface area contributed by atoms with Crippen LogP contribution in [0, 0.1) is 0 Å². The topological polar surface area (TPSA) is 66.5 Å². The summed E-state index contributed by atoms with van der Waals surface area (Å²) in [6.07, 6.45) is 0.856. The third-order valence-corrected chi connectivity index (χ3v) is 5.03. The van der Waals surface area contributed by atoms with E-state index >= 15 is 0 Å². The van der Waals surface area contributed by atoms with Crippen molar-refractivity contribution in [3.8, 4) is 0 Å². The molecular formula is C15H24N2O3S. The predicted octanol–water partition coefficient (Wildman–Crippen LogP) is 1.78. The van der Waals surface area contributed by atoms with Crippen LogP contribution in [0.2, 0.25) is 0 Å². The molecule has 0 saturated heterocycles. The number of carbonyl (C=O) groups excluding carboxylic acids is 1. The lowest BCUT2D eigenvalue weighted by Gasteiger charge is -2.21. The highest BCUT2D eigenvalue weighted by Gasteiger charge is 2.25. The molecule has 0 aromatic heterocycles. The Kier molecular flexibility index (Phi) is 6.36. The monoisotopic (exact) mass is 312 g/mol. The van der Waals surface area contributed by atoms with Crippen molar-refractivity contribution in [2.24, 2.45) is 0 Å². The molecule has 0 heterocycles. The van der Waals surface area contributed by atoms with E-state index in [1.165, 1.54) is 4.31 Å². The second-order valence-electron chi connectivity index (χ2n) is 5.15. The second kappa shape index (κ2) is 7.56. The molecule has 0 saturated carbocycles. The Bertz CT molecular complexity index is 565. The van der Waals surface area contributed by atoms with E-state index in [0.717, 1.165) is 12.0 Å². The molecule has 0 aliphatic carbocycles. The second-order valence-corrected chi connectivity index (χ2v) is 7.09. The van der Waals surface area contributed by atoms with Crippen molar-refractivity contribution in [2.45, 2.75) is 45.1 Å². The van der Waals surface area contributed by atoms with Gasteiger partial charge in [0.1, 0.15) is 0 Å². The average molecular weight is 312 g/mol. The summed E-state index contributed by atoms with van der Waals surface area (Å²) in [5, 5.41) is 2.70. The van der Waals surface area contributed by atoms with E-state index in [1.54, 1.807) is 31.2 Å². The zero-order valence-electron chi connectivity index (χ0n) is 13.1. The van der Waals surface area contributed by atoms with Gasteiger partial charge in [0.05, 0.1) is 11.4 Å². The summed E-state index contributed by atoms with van der Waals surface area (Å²) in [6.45, 7) is 7.51. The lowest BCUT2D eigenvalue weighted by atomic mass is 10.2. The summed E-state index contributed by atoms with van der Waals surface area (Å²) in [5.41, 5.74) is 1.08. The lowest BCUT2D eigenvalue weighted by molar-refractivity contribution is -0.121. The van der Waals surface area contributed by atoms with Gasteiger partial charge in [-0.05, 0) is 38.0 Å². The third-order valence-electron chi connectivity index (χ3n) is 3.09. The normalized spacial score (nSPS) is 11.9. The lowest BCUT2D eigenvalue weighted by Crippen LogP contribution is -2.42. The van der Waals surface area contributed by atoms with Gasteiger partial charge < -0.3 is 5.32 Å². The van der Waals surface area contributed by atoms with Crippen LogP contribution in [0.1, 0.15) is 33.3 Å². The molecule has 118 valence electrons. The van der Waals surface area contributed by atoms with E-state index < -0.39 is 10.0 Å². The Morgan fingerprint density at radius 1 is 1.19 bits per heavy atom. The first-order chi connectivity index (χ1) is 9.81. The number of carbonyl (C=O) groups is 1. The molecule has 0 fully saturated rings. The largest absolute Gasteiger partial charge is 0.353 e. The van der Waals surface area contributed by atoms with Gasteiger partial charge in [0.15, 0.2) is 0 Å². The molecule has 6 heteroatoms. The summed E-state index contributed by atoms with van der Waals surface area (Å²) >= 11 is 0. The van der Waals surface area contributed by atoms with Crippen molar-refractivity contribution in [3.05, 3.63) is 29.8 Å². The Hall–Kier alpha value is -1.40. The highest BCUT2D eigenvalue weighted by molar-refractivity contribution is 7.89. The van der Waals surface area contributed by atoms with Gasteiger partial charge in [-0.1, -0.05) is 26.0 Å². The van der Waals surface area contributed by atoms with Gasteiger partial charge >= 0.3 is 0 Å². The fourth-order valence-electron chi connectivity index (χ4n) is 1.94. The number of hydrogen-bond donors (Lipinski definition) is 1. The summed E-state index contributed by atoms with van der Waals surface area (Å²) in [4.78, 5) is 12.0. The first-order valence-corrected chi connectivity index (χ1v) is 8.63. The standard InChI is InChI=1S/C15H24N2O3S/c1-5-13-7-9-14(10-8-13)21(19,20)17(6-2)11-15(18)16-12(3)4/h7-10,12H,5-6,11H2,1-4H3,(H,16,18). The maximum atomic E-state index is 12.5. The summed E-state index contributed by atoms with van der Waals surface area (Å²) in [7, 11) is -3.63. The average Bonchev–Trinajstić information content (AvgIpc) is 2.43. The van der Waals surface area contributed by atoms with Crippen LogP contribution in [0.5, 0.6) is 0 Å². The van der Waals surface area contributed by atoms with Gasteiger partial charge in [-0.15, -0.1) is 0 Å². The molecule has 1 N–H and O–H groups in total. The molecule has 0 atom stereocenters. The number of nitrogens with zero attached hydrogens (tertiary/aromatic N) is 1. The van der Waals surface area contributed by atoms with Crippen molar-refractivity contribution in [3.63, 3.8) is 0 Å². The number of aryl methyl sites for hydroxylation is 1. The number of likely N-dealkylation sites (N-methyl/N-ethyl adjacent to an activating group) is 1. The van der Waals surface area contributed by atoms with Crippen molar-refractivity contribution in [1.29, 1.82) is 0 Å². The molecule has 5 nitrogen and oxygen atoms in total. The number of hydrogen-bond acceptors (Lipinski definition) is 3. The molecule has 0 unspecified atom stereocenters. The minimum atomic E-state index is -3.63. The van der Waals surface area contributed by atoms with E-state index in [1.807, 2.05) is 20.8 Å². The molecule has 0 radical (unpaired) electrons. The Morgan fingerprint density at radius 2 is 1.76 bits per heavy atom. The van der Waals surface area contributed by atoms with Crippen LogP contribution < -0.4 is 5.32 Å². The molecule has 1 rings (SSSR count). The number of amides is 1. The quantitative estimate of drug-likeness (QED) is 0.834. The smallest absolute Gasteiger partial charge is 0.243 e. The van der Waals surface area contributed by atoms with E-state index in [0.29, 0.717) is 0 Å². The number of rotatable bonds is 7. The van der Waals surface area contributed by atoms with Gasteiger partial charge in [-0.25, -0.2) is 8.42 Å². The molecule has 1 amide bonds. The van der Waals surface area contributed by atoms with E-state index in [2.05, 4.69) is 5.32 Å². The third kappa shape index (κ3) is 4.82. The molecule has 1 aromatic carbocycles. The molecule has 0 bridgehead atoms. The van der Waals surface area contributed by atoms with Crippen molar-refractivity contribution in [2.75, 3.05) is 13.1 Å². The van der Waals surface area contributed by atoms with Gasteiger partial charge in [-0.3, -0.25) is 4.79 Å². The van der Waals surface area contributed by atoms with Crippen molar-refractivity contribution in [1.82, 2.24) is 9.62 Å². The van der Waals surface area contributed by atoms with Crippen LogP contribution in [0.3, 0.4) is 0 Å². The molecule has 1 aromatic rings. The van der Waals surface area contributed by atoms with Crippen molar-refractivity contribution >= 4 is 15.9 Å². The SMILES string of the molecule is CCc1ccc(S(=O)(=O)N(CC)CC(=O)NC(C)C)cc1. The highest BCUT2D eigenvalue weighted by Crippen LogP contribution is 2.16. The molecule has 0 aliphatic rings. The number of nitrogens with one attached hydrogen (secondary N) is 1. The van der Waals surface area contributed by atoms with Gasteiger partial charge in [0.25, 0.3) is 0 Å². The summed E-state index contributed by atoms with van der Waals surface area (Å²) in [6, 6.07) is 6.78. The predicted molar refractivity (Wildman–Crippen MR) is 83.5 cm³/mol. The van der Waals surface area contributed by atoms with Crippen LogP contribution in [0.25, 0.3) is 0 Å². The van der Waals surface area contributed by atoms with E-state index in [-0.39, 0.29) is 29.9 Å². The zero-order chi connectivity index (χ0) is 16.0. The molecule has 21 heavy (non-hydrogen) atoms. The molecule has 0 aliphatic heterocycles. The fourth-order valence-corrected chi connectivity index (χ4v) is 3.35. The van der Waals surface area contributed by atoms with Crippen LogP contribution in [0.4, 0.5) is 0 Å². The number of benzene rings is 1. The Balaban J connectivity index is 2.93. The first-order valence-electron chi connectivity index (χ1n) is 7.19. The maximum absolute atomic E-state index is 12.5. The molecule has 0 spiro atoms. The highest BCUT2D eigenvalue weighted by atomic mass is 32.2. The minimum absolute atomic E-state index is 0.0113. The zero-order valence-corrected chi connectivity index (χ0v) is 13.9. The van der Waals surface area contributed by atoms with Gasteiger partial charge in [0, 0.05) is 12.6 Å². The van der Waals surface area contributed by atoms with Gasteiger partial charge in [-0.2, -0.15) is 4.31 Å². The summed E-state index contributed by atoms with van der Waals surface area (Å²) in [5.74, 6) is -0.291. The van der Waals surface area contributed by atoms with Crippen LogP contribution >= 0.6 is 0 Å². The van der Waals surface area contributed by atoms with Gasteiger partial charge in [0.2, 0.25) is 15.9 Å². The molecular weight excluding hydrogens is 288 g/mol. The summed E-state index contributed by atoms with van der Waals surface area (Å²) < 4.78 is 26.2. The van der Waals surface area contributed by atoms with E-state index in [4.69, 9.17) is 0 Å². The first kappa shape index (κ1) is 17.7. The minimum Gasteiger partial charge on any atom is -0.353 e. The van der Waals surface area contributed by atoms with Crippen LogP contribution in [0.15, 0.2) is 29.2 Å². The van der Waals surface area contributed by atoms with Crippen LogP contribution in [-0.4, -0.2) is 37.8 Å².